The van der Waals surface area contributed by atoms with Gasteiger partial charge in [0, 0.05) is 29.7 Å². The highest BCUT2D eigenvalue weighted by atomic mass is 79.9. The van der Waals surface area contributed by atoms with E-state index in [1.165, 1.54) is 22.3 Å². The van der Waals surface area contributed by atoms with E-state index < -0.39 is 0 Å². The molecule has 0 aromatic heterocycles. The lowest BCUT2D eigenvalue weighted by atomic mass is 9.68. The number of halogens is 4. The summed E-state index contributed by atoms with van der Waals surface area (Å²) < 4.78 is 4.48. The summed E-state index contributed by atoms with van der Waals surface area (Å²) in [4.78, 5) is 0. The van der Waals surface area contributed by atoms with Gasteiger partial charge in [0.05, 0.1) is 0 Å². The summed E-state index contributed by atoms with van der Waals surface area (Å²) >= 11 is 14.5. The summed E-state index contributed by atoms with van der Waals surface area (Å²) in [6.45, 7) is 0. The van der Waals surface area contributed by atoms with E-state index in [9.17, 15) is 0 Å². The Bertz CT molecular complexity index is 653. The Kier molecular flexibility index (Phi) is 3.30. The third kappa shape index (κ3) is 1.88. The van der Waals surface area contributed by atoms with Gasteiger partial charge in [0.1, 0.15) is 0 Å². The maximum atomic E-state index is 3.62. The molecule has 0 heterocycles. The molecule has 100 valence electrons. The second kappa shape index (κ2) is 4.80. The summed E-state index contributed by atoms with van der Waals surface area (Å²) in [7, 11) is 0. The third-order valence-electron chi connectivity index (χ3n) is 4.09. The Hall–Kier alpha value is 0.1000. The van der Waals surface area contributed by atoms with Crippen LogP contribution in [0.3, 0.4) is 0 Å². The van der Waals surface area contributed by atoms with Crippen molar-refractivity contribution in [3.8, 4) is 0 Å². The van der Waals surface area contributed by atoms with Crippen molar-refractivity contribution < 1.29 is 0 Å². The number of hydrogen-bond acceptors (Lipinski definition) is 0. The Balaban J connectivity index is 2.01. The summed E-state index contributed by atoms with van der Waals surface area (Å²) in [5.74, 6) is 0.720. The minimum Gasteiger partial charge on any atom is -0.0757 e. The molecule has 2 aromatic carbocycles. The third-order valence-corrected chi connectivity index (χ3v) is 7.78. The average molecular weight is 520 g/mol. The molecule has 0 saturated heterocycles. The maximum Gasteiger partial charge on any atom is 0.0320 e. The van der Waals surface area contributed by atoms with E-state index >= 15 is 0 Å². The second-order valence-electron chi connectivity index (χ2n) is 5.13. The topological polar surface area (TPSA) is 0 Å². The van der Waals surface area contributed by atoms with Crippen molar-refractivity contribution >= 4 is 63.7 Å². The second-order valence-corrected chi connectivity index (χ2v) is 8.55. The van der Waals surface area contributed by atoms with Gasteiger partial charge < -0.3 is 0 Å². The highest BCUT2D eigenvalue weighted by Gasteiger charge is 2.34. The Morgan fingerprint density at radius 2 is 0.750 bits per heavy atom. The molecule has 0 atom stereocenters. The smallest absolute Gasteiger partial charge is 0.0320 e. The van der Waals surface area contributed by atoms with Gasteiger partial charge in [-0.1, -0.05) is 12.2 Å². The lowest BCUT2D eigenvalue weighted by Gasteiger charge is -2.36. The molecule has 20 heavy (non-hydrogen) atoms. The van der Waals surface area contributed by atoms with Crippen LogP contribution in [0.5, 0.6) is 0 Å². The number of rotatable bonds is 0. The molecule has 0 unspecified atom stereocenters. The van der Waals surface area contributed by atoms with Crippen molar-refractivity contribution in [1.29, 1.82) is 0 Å². The predicted octanol–water partition coefficient (Wildman–Crippen LogP) is 6.88. The standard InChI is InChI=1S/C16H8Br4/c17-13-3-9-7-1-2-8(11(9)5-15(13)19)12-6-16(20)14(18)4-10(7)12/h1-8H. The molecule has 0 spiro atoms. The normalized spacial score (nSPS) is 21.8. The summed E-state index contributed by atoms with van der Waals surface area (Å²) in [6, 6.07) is 9.00. The van der Waals surface area contributed by atoms with Crippen molar-refractivity contribution in [2.75, 3.05) is 0 Å². The molecule has 0 aliphatic heterocycles. The molecule has 0 nitrogen and oxygen atoms in total. The molecule has 2 aromatic rings. The van der Waals surface area contributed by atoms with Crippen LogP contribution in [-0.2, 0) is 0 Å². The molecule has 3 aliphatic carbocycles. The van der Waals surface area contributed by atoms with Crippen molar-refractivity contribution in [2.45, 2.75) is 11.8 Å². The van der Waals surface area contributed by atoms with Gasteiger partial charge in [-0.2, -0.15) is 0 Å². The summed E-state index contributed by atoms with van der Waals surface area (Å²) in [6.07, 6.45) is 4.66. The van der Waals surface area contributed by atoms with E-state index in [0.29, 0.717) is 11.8 Å². The van der Waals surface area contributed by atoms with Gasteiger partial charge in [-0.25, -0.2) is 0 Å². The molecule has 5 rings (SSSR count). The molecule has 0 saturated carbocycles. The van der Waals surface area contributed by atoms with Gasteiger partial charge in [0.25, 0.3) is 0 Å². The van der Waals surface area contributed by atoms with E-state index in [0.717, 1.165) is 17.9 Å². The van der Waals surface area contributed by atoms with Crippen LogP contribution in [0, 0.1) is 0 Å². The van der Waals surface area contributed by atoms with Gasteiger partial charge >= 0.3 is 0 Å². The molecule has 0 amide bonds. The minimum absolute atomic E-state index is 0.360. The van der Waals surface area contributed by atoms with Gasteiger partial charge in [0.15, 0.2) is 0 Å². The fourth-order valence-corrected chi connectivity index (χ4v) is 4.65. The summed E-state index contributed by atoms with van der Waals surface area (Å²) in [5, 5.41) is 0. The van der Waals surface area contributed by atoms with Gasteiger partial charge in [0.2, 0.25) is 0 Å². The lowest BCUT2D eigenvalue weighted by molar-refractivity contribution is 0.807. The van der Waals surface area contributed by atoms with E-state index in [1.54, 1.807) is 0 Å². The van der Waals surface area contributed by atoms with Crippen LogP contribution in [0.15, 0.2) is 54.3 Å². The largest absolute Gasteiger partial charge is 0.0757 e. The van der Waals surface area contributed by atoms with Crippen LogP contribution in [0.4, 0.5) is 0 Å². The van der Waals surface area contributed by atoms with E-state index in [2.05, 4.69) is 100 Å². The molecule has 3 aliphatic rings. The molecule has 4 heteroatoms. The number of benzene rings is 2. The van der Waals surface area contributed by atoms with Crippen LogP contribution in [-0.4, -0.2) is 0 Å². The highest BCUT2D eigenvalue weighted by Crippen LogP contribution is 2.51. The first-order valence-corrected chi connectivity index (χ1v) is 9.39. The van der Waals surface area contributed by atoms with Crippen molar-refractivity contribution in [3.05, 3.63) is 76.6 Å². The lowest BCUT2D eigenvalue weighted by Crippen LogP contribution is -2.20. The van der Waals surface area contributed by atoms with E-state index in [4.69, 9.17) is 0 Å². The first-order chi connectivity index (χ1) is 9.56. The summed E-state index contributed by atoms with van der Waals surface area (Å²) in [5.41, 5.74) is 5.65. The average Bonchev–Trinajstić information content (AvgIpc) is 2.42. The van der Waals surface area contributed by atoms with Crippen LogP contribution in [0.25, 0.3) is 0 Å². The van der Waals surface area contributed by atoms with Crippen molar-refractivity contribution in [3.63, 3.8) is 0 Å². The van der Waals surface area contributed by atoms with Gasteiger partial charge in [-0.3, -0.25) is 0 Å². The molecule has 0 N–H and O–H groups in total. The van der Waals surface area contributed by atoms with Crippen molar-refractivity contribution in [2.24, 2.45) is 0 Å². The van der Waals surface area contributed by atoms with Crippen LogP contribution in [0.2, 0.25) is 0 Å². The van der Waals surface area contributed by atoms with E-state index in [-0.39, 0.29) is 0 Å². The quantitative estimate of drug-likeness (QED) is 0.333. The molecular formula is C16H8Br4. The van der Waals surface area contributed by atoms with Crippen LogP contribution in [0.1, 0.15) is 34.1 Å². The SMILES string of the molecule is Brc1cc2c(cc1Br)C1C=CC2c2cc(Br)c(Br)cc21. The first-order valence-electron chi connectivity index (χ1n) is 6.22. The zero-order chi connectivity index (χ0) is 14.0. The minimum atomic E-state index is 0.360. The fraction of sp³-hybridized carbons (Fsp3) is 0.125. The molecular weight excluding hydrogens is 512 g/mol. The zero-order valence-corrected chi connectivity index (χ0v) is 16.5. The predicted molar refractivity (Wildman–Crippen MR) is 96.5 cm³/mol. The fourth-order valence-electron chi connectivity index (χ4n) is 3.20. The first kappa shape index (κ1) is 13.7. The maximum absolute atomic E-state index is 3.62. The Labute approximate surface area is 151 Å². The van der Waals surface area contributed by atoms with Crippen LogP contribution >= 0.6 is 63.7 Å². The number of hydrogen-bond donors (Lipinski definition) is 0. The molecule has 2 bridgehead atoms. The number of allylic oxidation sites excluding steroid dienone is 2. The van der Waals surface area contributed by atoms with E-state index in [1.807, 2.05) is 0 Å². The Morgan fingerprint density at radius 3 is 1.00 bits per heavy atom. The molecule has 0 fully saturated rings. The van der Waals surface area contributed by atoms with Gasteiger partial charge in [-0.05, 0) is 110 Å². The Morgan fingerprint density at radius 1 is 0.500 bits per heavy atom. The highest BCUT2D eigenvalue weighted by molar-refractivity contribution is 9.13. The zero-order valence-electron chi connectivity index (χ0n) is 10.1. The van der Waals surface area contributed by atoms with Crippen molar-refractivity contribution in [1.82, 2.24) is 0 Å². The van der Waals surface area contributed by atoms with Gasteiger partial charge in [-0.15, -0.1) is 0 Å². The monoisotopic (exact) mass is 516 g/mol. The van der Waals surface area contributed by atoms with Crippen LogP contribution < -0.4 is 0 Å². The molecule has 0 radical (unpaired) electrons.